The molecule has 4 rings (SSSR count). The summed E-state index contributed by atoms with van der Waals surface area (Å²) in [6.45, 7) is 0. The SMILES string of the molecule is O=C(NNC(=O)c1cc(Cl)cc2cccnc12)c1cc(-c2ccccc2)n[nH]1. The number of aromatic amines is 1. The molecule has 0 spiro atoms. The second-order valence-corrected chi connectivity index (χ2v) is 6.41. The lowest BCUT2D eigenvalue weighted by Gasteiger charge is -2.09. The second kappa shape index (κ2) is 7.50. The minimum absolute atomic E-state index is 0.216. The standard InChI is InChI=1S/C20H14ClN5O2/c21-14-9-13-7-4-8-22-18(13)15(10-14)19(27)25-26-20(28)17-11-16(23-24-17)12-5-2-1-3-6-12/h1-11H,(H,23,24)(H,25,27)(H,26,28). The largest absolute Gasteiger partial charge is 0.287 e. The molecule has 0 radical (unpaired) electrons. The van der Waals surface area contributed by atoms with Crippen molar-refractivity contribution in [2.45, 2.75) is 0 Å². The van der Waals surface area contributed by atoms with Crippen LogP contribution in [-0.4, -0.2) is 27.0 Å². The predicted molar refractivity (Wildman–Crippen MR) is 106 cm³/mol. The van der Waals surface area contributed by atoms with Crippen molar-refractivity contribution in [3.05, 3.63) is 83.1 Å². The number of hydrogen-bond donors (Lipinski definition) is 3. The number of nitrogens with one attached hydrogen (secondary N) is 3. The summed E-state index contributed by atoms with van der Waals surface area (Å²) in [6.07, 6.45) is 1.58. The van der Waals surface area contributed by atoms with Crippen LogP contribution < -0.4 is 10.9 Å². The number of fused-ring (bicyclic) bond motifs is 1. The average molecular weight is 392 g/mol. The van der Waals surface area contributed by atoms with E-state index in [9.17, 15) is 9.59 Å². The minimum atomic E-state index is -0.526. The second-order valence-electron chi connectivity index (χ2n) is 5.97. The predicted octanol–water partition coefficient (Wildman–Crippen LogP) is 3.35. The van der Waals surface area contributed by atoms with Crippen LogP contribution in [0.25, 0.3) is 22.2 Å². The zero-order chi connectivity index (χ0) is 19.5. The van der Waals surface area contributed by atoms with Gasteiger partial charge in [-0.15, -0.1) is 0 Å². The maximum absolute atomic E-state index is 12.5. The van der Waals surface area contributed by atoms with Crippen LogP contribution in [0.2, 0.25) is 5.02 Å². The Morgan fingerprint density at radius 3 is 2.54 bits per heavy atom. The van der Waals surface area contributed by atoms with Gasteiger partial charge in [0, 0.05) is 22.2 Å². The van der Waals surface area contributed by atoms with E-state index in [0.717, 1.165) is 10.9 Å². The van der Waals surface area contributed by atoms with E-state index in [0.29, 0.717) is 16.2 Å². The molecular weight excluding hydrogens is 378 g/mol. The molecule has 28 heavy (non-hydrogen) atoms. The van der Waals surface area contributed by atoms with Crippen LogP contribution in [0.3, 0.4) is 0 Å². The Hall–Kier alpha value is -3.71. The maximum Gasteiger partial charge on any atom is 0.287 e. The molecule has 2 aromatic carbocycles. The van der Waals surface area contributed by atoms with E-state index in [-0.39, 0.29) is 11.3 Å². The molecule has 0 unspecified atom stereocenters. The van der Waals surface area contributed by atoms with E-state index in [4.69, 9.17) is 11.6 Å². The van der Waals surface area contributed by atoms with E-state index >= 15 is 0 Å². The molecule has 2 amide bonds. The molecule has 0 saturated heterocycles. The molecule has 0 saturated carbocycles. The highest BCUT2D eigenvalue weighted by atomic mass is 35.5. The zero-order valence-electron chi connectivity index (χ0n) is 14.4. The lowest BCUT2D eigenvalue weighted by atomic mass is 10.1. The summed E-state index contributed by atoms with van der Waals surface area (Å²) in [7, 11) is 0. The van der Waals surface area contributed by atoms with E-state index in [1.807, 2.05) is 30.3 Å². The third-order valence-corrected chi connectivity index (χ3v) is 4.31. The first-order valence-corrected chi connectivity index (χ1v) is 8.75. The maximum atomic E-state index is 12.5. The van der Waals surface area contributed by atoms with Crippen molar-refractivity contribution in [2.24, 2.45) is 0 Å². The van der Waals surface area contributed by atoms with Gasteiger partial charge in [-0.1, -0.05) is 48.0 Å². The van der Waals surface area contributed by atoms with Gasteiger partial charge >= 0.3 is 0 Å². The smallest absolute Gasteiger partial charge is 0.272 e. The molecule has 8 heteroatoms. The molecule has 0 aliphatic carbocycles. The van der Waals surface area contributed by atoms with Gasteiger partial charge in [-0.25, -0.2) is 0 Å². The monoisotopic (exact) mass is 391 g/mol. The number of pyridine rings is 1. The van der Waals surface area contributed by atoms with Crippen LogP contribution in [-0.2, 0) is 0 Å². The van der Waals surface area contributed by atoms with Gasteiger partial charge in [-0.3, -0.25) is 30.5 Å². The number of nitrogens with zero attached hydrogens (tertiary/aromatic N) is 2. The molecule has 7 nitrogen and oxygen atoms in total. The summed E-state index contributed by atoms with van der Waals surface area (Å²) in [4.78, 5) is 29.1. The van der Waals surface area contributed by atoms with Crippen LogP contribution in [0.4, 0.5) is 0 Å². The summed E-state index contributed by atoms with van der Waals surface area (Å²) in [6, 6.07) is 17.8. The van der Waals surface area contributed by atoms with Gasteiger partial charge in [0.2, 0.25) is 0 Å². The summed E-state index contributed by atoms with van der Waals surface area (Å²) in [5.41, 5.74) is 7.22. The molecule has 4 aromatic rings. The number of aromatic nitrogens is 3. The van der Waals surface area contributed by atoms with Gasteiger partial charge in [0.05, 0.1) is 16.8 Å². The van der Waals surface area contributed by atoms with E-state index in [2.05, 4.69) is 26.0 Å². The van der Waals surface area contributed by atoms with Crippen molar-refractivity contribution in [2.75, 3.05) is 0 Å². The van der Waals surface area contributed by atoms with Gasteiger partial charge in [-0.05, 0) is 24.3 Å². The Bertz CT molecular complexity index is 1170. The molecule has 138 valence electrons. The Morgan fingerprint density at radius 2 is 1.71 bits per heavy atom. The fraction of sp³-hybridized carbons (Fsp3) is 0. The molecule has 2 aromatic heterocycles. The Balaban J connectivity index is 1.49. The van der Waals surface area contributed by atoms with Crippen molar-refractivity contribution in [3.8, 4) is 11.3 Å². The lowest BCUT2D eigenvalue weighted by molar-refractivity contribution is 0.0844. The van der Waals surface area contributed by atoms with Crippen LogP contribution in [0.5, 0.6) is 0 Å². The molecule has 2 heterocycles. The first kappa shape index (κ1) is 17.7. The van der Waals surface area contributed by atoms with Crippen molar-refractivity contribution < 1.29 is 9.59 Å². The topological polar surface area (TPSA) is 99.8 Å². The highest BCUT2D eigenvalue weighted by Gasteiger charge is 2.15. The number of halogens is 1. The quantitative estimate of drug-likeness (QED) is 0.466. The number of carbonyl (C=O) groups excluding carboxylic acids is 2. The first-order valence-electron chi connectivity index (χ1n) is 8.37. The normalized spacial score (nSPS) is 10.6. The van der Waals surface area contributed by atoms with Gasteiger partial charge < -0.3 is 0 Å². The fourth-order valence-electron chi connectivity index (χ4n) is 2.77. The number of hydrogen-bond acceptors (Lipinski definition) is 4. The number of carbonyl (C=O) groups is 2. The summed E-state index contributed by atoms with van der Waals surface area (Å²) in [5.74, 6) is -1.05. The molecular formula is C20H14ClN5O2. The van der Waals surface area contributed by atoms with E-state index in [1.54, 1.807) is 30.5 Å². The highest BCUT2D eigenvalue weighted by molar-refractivity contribution is 6.32. The molecule has 0 fully saturated rings. The van der Waals surface area contributed by atoms with Crippen LogP contribution in [0, 0.1) is 0 Å². The minimum Gasteiger partial charge on any atom is -0.272 e. The first-order chi connectivity index (χ1) is 13.6. The number of rotatable bonds is 3. The lowest BCUT2D eigenvalue weighted by Crippen LogP contribution is -2.41. The number of hydrazine groups is 1. The Labute approximate surface area is 164 Å². The molecule has 0 aliphatic heterocycles. The molecule has 0 aliphatic rings. The number of amides is 2. The van der Waals surface area contributed by atoms with Crippen LogP contribution in [0.1, 0.15) is 20.8 Å². The third-order valence-electron chi connectivity index (χ3n) is 4.10. The van der Waals surface area contributed by atoms with Gasteiger partial charge in [0.15, 0.2) is 0 Å². The van der Waals surface area contributed by atoms with Gasteiger partial charge in [0.25, 0.3) is 11.8 Å². The van der Waals surface area contributed by atoms with Crippen molar-refractivity contribution >= 4 is 34.3 Å². The Kier molecular flexibility index (Phi) is 4.74. The Morgan fingerprint density at radius 1 is 0.929 bits per heavy atom. The molecule has 0 atom stereocenters. The van der Waals surface area contributed by atoms with Crippen molar-refractivity contribution in [3.63, 3.8) is 0 Å². The van der Waals surface area contributed by atoms with Gasteiger partial charge in [0.1, 0.15) is 5.69 Å². The summed E-state index contributed by atoms with van der Waals surface area (Å²) < 4.78 is 0. The van der Waals surface area contributed by atoms with Crippen LogP contribution >= 0.6 is 11.6 Å². The third kappa shape index (κ3) is 3.56. The molecule has 3 N–H and O–H groups in total. The average Bonchev–Trinajstić information content (AvgIpc) is 3.22. The highest BCUT2D eigenvalue weighted by Crippen LogP contribution is 2.22. The number of H-pyrrole nitrogens is 1. The van der Waals surface area contributed by atoms with Crippen molar-refractivity contribution in [1.82, 2.24) is 26.0 Å². The van der Waals surface area contributed by atoms with E-state index < -0.39 is 11.8 Å². The van der Waals surface area contributed by atoms with Crippen molar-refractivity contribution in [1.29, 1.82) is 0 Å². The summed E-state index contributed by atoms with van der Waals surface area (Å²) >= 11 is 6.08. The molecule has 0 bridgehead atoms. The summed E-state index contributed by atoms with van der Waals surface area (Å²) in [5, 5.41) is 7.91. The van der Waals surface area contributed by atoms with Gasteiger partial charge in [-0.2, -0.15) is 5.10 Å². The van der Waals surface area contributed by atoms with Crippen LogP contribution in [0.15, 0.2) is 66.9 Å². The number of benzene rings is 2. The zero-order valence-corrected chi connectivity index (χ0v) is 15.2. The van der Waals surface area contributed by atoms with E-state index in [1.165, 1.54) is 6.07 Å². The fourth-order valence-corrected chi connectivity index (χ4v) is 3.00.